The zero-order chi connectivity index (χ0) is 29.0. The van der Waals surface area contributed by atoms with Crippen molar-refractivity contribution in [2.45, 2.75) is 25.9 Å². The summed E-state index contributed by atoms with van der Waals surface area (Å²) in [6, 6.07) is 12.6. The molecule has 0 radical (unpaired) electrons. The number of amides is 1. The molecule has 2 N–H and O–H groups in total. The first-order valence-corrected chi connectivity index (χ1v) is 12.3. The molecular weight excluding hydrogens is 518 g/mol. The SMILES string of the molecule is C=N/C=C\C(C#N)=C(/C)c1ccc(NC(=O)c2ccc(=O)n(-c3c(F)cccc3F)n2)c(N2CC[C@](C)(O)C2)c1. The first-order valence-electron chi connectivity index (χ1n) is 12.3. The van der Waals surface area contributed by atoms with Gasteiger partial charge in [-0.05, 0) is 74.5 Å². The second kappa shape index (κ2) is 11.4. The predicted molar refractivity (Wildman–Crippen MR) is 148 cm³/mol. The number of aromatic nitrogens is 2. The van der Waals surface area contributed by atoms with E-state index in [4.69, 9.17) is 0 Å². The van der Waals surface area contributed by atoms with Crippen LogP contribution >= 0.6 is 0 Å². The van der Waals surface area contributed by atoms with E-state index < -0.39 is 34.4 Å². The zero-order valence-electron chi connectivity index (χ0n) is 21.9. The number of halogens is 2. The van der Waals surface area contributed by atoms with Crippen LogP contribution in [-0.2, 0) is 0 Å². The van der Waals surface area contributed by atoms with Crippen LogP contribution in [0.4, 0.5) is 20.2 Å². The number of nitriles is 1. The van der Waals surface area contributed by atoms with Gasteiger partial charge in [-0.15, -0.1) is 0 Å². The number of β-amino-alcohol motifs (C(OH)–C–C–N with tert-alkyl or cyclic N) is 1. The maximum atomic E-state index is 14.3. The Bertz CT molecular complexity index is 1630. The van der Waals surface area contributed by atoms with E-state index in [0.29, 0.717) is 52.3 Å². The average molecular weight is 545 g/mol. The average Bonchev–Trinajstić information content (AvgIpc) is 3.29. The molecule has 204 valence electrons. The zero-order valence-corrected chi connectivity index (χ0v) is 21.9. The summed E-state index contributed by atoms with van der Waals surface area (Å²) in [4.78, 5) is 31.1. The normalized spacial score (nSPS) is 17.4. The van der Waals surface area contributed by atoms with Gasteiger partial charge in [0.1, 0.15) is 11.4 Å². The maximum Gasteiger partial charge on any atom is 0.276 e. The summed E-state index contributed by atoms with van der Waals surface area (Å²) in [5.74, 6) is -2.74. The van der Waals surface area contributed by atoms with Crippen molar-refractivity contribution in [2.75, 3.05) is 23.3 Å². The predicted octanol–water partition coefficient (Wildman–Crippen LogP) is 4.24. The quantitative estimate of drug-likeness (QED) is 0.261. The molecular formula is C29H26F2N6O3. The molecule has 4 rings (SSSR count). The number of allylic oxidation sites excluding steroid dienone is 3. The van der Waals surface area contributed by atoms with Gasteiger partial charge in [0, 0.05) is 25.4 Å². The van der Waals surface area contributed by atoms with E-state index in [2.05, 4.69) is 28.2 Å². The third kappa shape index (κ3) is 5.87. The van der Waals surface area contributed by atoms with Crippen molar-refractivity contribution in [2.24, 2.45) is 4.99 Å². The third-order valence-corrected chi connectivity index (χ3v) is 6.52. The fourth-order valence-electron chi connectivity index (χ4n) is 4.38. The fraction of sp³-hybridized carbons (Fsp3) is 0.207. The van der Waals surface area contributed by atoms with E-state index in [0.717, 1.165) is 30.3 Å². The maximum absolute atomic E-state index is 14.3. The van der Waals surface area contributed by atoms with Crippen molar-refractivity contribution in [3.05, 3.63) is 99.6 Å². The monoisotopic (exact) mass is 544 g/mol. The van der Waals surface area contributed by atoms with Crippen molar-refractivity contribution in [1.29, 1.82) is 5.26 Å². The number of aliphatic imine (C=N–C) groups is 1. The molecule has 1 fully saturated rings. The van der Waals surface area contributed by atoms with E-state index in [-0.39, 0.29) is 5.69 Å². The lowest BCUT2D eigenvalue weighted by Gasteiger charge is -2.24. The lowest BCUT2D eigenvalue weighted by Crippen LogP contribution is -2.30. The molecule has 1 amide bonds. The number of para-hydroxylation sites is 1. The number of carbonyl (C=O) groups is 1. The smallest absolute Gasteiger partial charge is 0.276 e. The van der Waals surface area contributed by atoms with Gasteiger partial charge in [0.2, 0.25) is 0 Å². The summed E-state index contributed by atoms with van der Waals surface area (Å²) in [5, 5.41) is 26.8. The van der Waals surface area contributed by atoms with Crippen molar-refractivity contribution < 1.29 is 18.7 Å². The molecule has 0 aliphatic carbocycles. The second-order valence-electron chi connectivity index (χ2n) is 9.54. The molecule has 1 saturated heterocycles. The lowest BCUT2D eigenvalue weighted by molar-refractivity contribution is 0.0839. The van der Waals surface area contributed by atoms with Crippen LogP contribution in [0.1, 0.15) is 36.3 Å². The molecule has 0 unspecified atom stereocenters. The van der Waals surface area contributed by atoms with Gasteiger partial charge in [-0.2, -0.15) is 15.0 Å². The molecule has 2 heterocycles. The van der Waals surface area contributed by atoms with E-state index in [1.807, 2.05) is 4.90 Å². The molecule has 11 heteroatoms. The summed E-state index contributed by atoms with van der Waals surface area (Å²) >= 11 is 0. The van der Waals surface area contributed by atoms with Crippen molar-refractivity contribution in [1.82, 2.24) is 9.78 Å². The molecule has 9 nitrogen and oxygen atoms in total. The Hall–Kier alpha value is -4.95. The highest BCUT2D eigenvalue weighted by Gasteiger charge is 2.33. The number of rotatable bonds is 7. The summed E-state index contributed by atoms with van der Waals surface area (Å²) in [7, 11) is 0. The lowest BCUT2D eigenvalue weighted by atomic mass is 10.00. The minimum absolute atomic E-state index is 0.254. The number of carbonyl (C=O) groups excluding carboxylic acids is 1. The molecule has 1 aliphatic rings. The Balaban J connectivity index is 1.75. The minimum atomic E-state index is -1.01. The van der Waals surface area contributed by atoms with Crippen LogP contribution in [0.25, 0.3) is 11.3 Å². The number of nitrogens with zero attached hydrogens (tertiary/aromatic N) is 5. The van der Waals surface area contributed by atoms with E-state index in [9.17, 15) is 28.7 Å². The Labute approximate surface area is 229 Å². The van der Waals surface area contributed by atoms with Crippen LogP contribution in [0.3, 0.4) is 0 Å². The number of hydrogen-bond donors (Lipinski definition) is 2. The standard InChI is InChI=1S/C29H26F2N6O3/c1-18(20(16-32)11-13-33-3)19-7-8-23(25(15-19)36-14-12-29(2,40)17-36)34-28(39)24-9-10-26(38)37(35-24)27-21(30)5-4-6-22(27)31/h4-11,13,15,40H,3,12,14,17H2,1-2H3,(H,34,39)/b13-11-,20-18-/t29-/m0/s1. The number of hydrogen-bond acceptors (Lipinski definition) is 7. The van der Waals surface area contributed by atoms with Crippen molar-refractivity contribution >= 4 is 29.6 Å². The Kier molecular flexibility index (Phi) is 8.02. The fourth-order valence-corrected chi connectivity index (χ4v) is 4.38. The number of nitrogens with one attached hydrogen (secondary N) is 1. The van der Waals surface area contributed by atoms with Gasteiger partial charge in [0.05, 0.1) is 28.6 Å². The van der Waals surface area contributed by atoms with Crippen molar-refractivity contribution in [3.8, 4) is 11.8 Å². The van der Waals surface area contributed by atoms with E-state index >= 15 is 0 Å². The third-order valence-electron chi connectivity index (χ3n) is 6.52. The van der Waals surface area contributed by atoms with E-state index in [1.54, 1.807) is 32.0 Å². The van der Waals surface area contributed by atoms with Crippen LogP contribution in [0.15, 0.2) is 76.2 Å². The molecule has 1 aliphatic heterocycles. The number of aliphatic hydroxyl groups is 1. The van der Waals surface area contributed by atoms with Gasteiger partial charge >= 0.3 is 0 Å². The van der Waals surface area contributed by atoms with Gasteiger partial charge in [-0.1, -0.05) is 12.1 Å². The molecule has 0 spiro atoms. The molecule has 1 aromatic heterocycles. The second-order valence-corrected chi connectivity index (χ2v) is 9.54. The first kappa shape index (κ1) is 28.1. The van der Waals surface area contributed by atoms with Gasteiger partial charge < -0.3 is 15.3 Å². The molecule has 0 saturated carbocycles. The topological polar surface area (TPSA) is 124 Å². The van der Waals surface area contributed by atoms with Gasteiger partial charge in [-0.25, -0.2) is 8.78 Å². The van der Waals surface area contributed by atoms with Gasteiger partial charge in [0.25, 0.3) is 11.5 Å². The minimum Gasteiger partial charge on any atom is -0.388 e. The largest absolute Gasteiger partial charge is 0.388 e. The molecule has 0 bridgehead atoms. The molecule has 3 aromatic rings. The highest BCUT2D eigenvalue weighted by molar-refractivity contribution is 6.05. The molecule has 40 heavy (non-hydrogen) atoms. The summed E-state index contributed by atoms with van der Waals surface area (Å²) in [5.41, 5.74) is -0.0223. The van der Waals surface area contributed by atoms with Gasteiger partial charge in [0.15, 0.2) is 11.6 Å². The van der Waals surface area contributed by atoms with Crippen molar-refractivity contribution in [3.63, 3.8) is 0 Å². The molecule has 1 atom stereocenters. The van der Waals surface area contributed by atoms with Gasteiger partial charge in [-0.3, -0.25) is 14.6 Å². The Morgan fingerprint density at radius 3 is 2.60 bits per heavy atom. The highest BCUT2D eigenvalue weighted by atomic mass is 19.1. The summed E-state index contributed by atoms with van der Waals surface area (Å²) in [6.45, 7) is 7.67. The van der Waals surface area contributed by atoms with E-state index in [1.165, 1.54) is 12.3 Å². The molecule has 2 aromatic carbocycles. The Morgan fingerprint density at radius 1 is 1.25 bits per heavy atom. The van der Waals surface area contributed by atoms with Crippen LogP contribution < -0.4 is 15.8 Å². The highest BCUT2D eigenvalue weighted by Crippen LogP contribution is 2.35. The summed E-state index contributed by atoms with van der Waals surface area (Å²) < 4.78 is 29.2. The Morgan fingerprint density at radius 2 is 1.98 bits per heavy atom. The first-order chi connectivity index (χ1) is 19.0. The van der Waals surface area contributed by atoms with Crippen LogP contribution in [0, 0.1) is 23.0 Å². The summed E-state index contributed by atoms with van der Waals surface area (Å²) in [6.07, 6.45) is 3.45. The number of anilines is 2. The van der Waals surface area contributed by atoms with Crippen LogP contribution in [0.5, 0.6) is 0 Å². The van der Waals surface area contributed by atoms with Crippen LogP contribution in [-0.4, -0.2) is 46.2 Å². The number of benzene rings is 2. The van der Waals surface area contributed by atoms with Crippen LogP contribution in [0.2, 0.25) is 0 Å².